The molecule has 1 atom stereocenters. The van der Waals surface area contributed by atoms with Gasteiger partial charge >= 0.3 is 0 Å². The molecule has 2 heterocycles. The van der Waals surface area contributed by atoms with Crippen LogP contribution >= 0.6 is 11.6 Å². The lowest BCUT2D eigenvalue weighted by molar-refractivity contribution is 0.479. The Hall–Kier alpha value is -2.03. The molecule has 3 aromatic rings. The van der Waals surface area contributed by atoms with E-state index in [-0.39, 0.29) is 0 Å². The van der Waals surface area contributed by atoms with Gasteiger partial charge in [-0.05, 0) is 74.2 Å². The maximum absolute atomic E-state index is 6.05. The minimum Gasteiger partial charge on any atom is -0.318 e. The van der Waals surface area contributed by atoms with E-state index in [1.165, 1.54) is 38.9 Å². The lowest BCUT2D eigenvalue weighted by Crippen LogP contribution is -2.30. The van der Waals surface area contributed by atoms with Gasteiger partial charge in [-0.3, -0.25) is 0 Å². The van der Waals surface area contributed by atoms with Gasteiger partial charge in [0.05, 0.1) is 5.52 Å². The Labute approximate surface area is 160 Å². The second-order valence-corrected chi connectivity index (χ2v) is 7.67. The number of rotatable bonds is 3. The third-order valence-electron chi connectivity index (χ3n) is 5.43. The molecule has 1 aromatic heterocycles. The Balaban J connectivity index is 1.93. The largest absolute Gasteiger partial charge is 0.318 e. The van der Waals surface area contributed by atoms with E-state index in [4.69, 9.17) is 11.6 Å². The first kappa shape index (κ1) is 17.4. The molecule has 2 aromatic carbocycles. The Kier molecular flexibility index (Phi) is 4.64. The van der Waals surface area contributed by atoms with Crippen molar-refractivity contribution in [3.05, 3.63) is 69.9 Å². The Morgan fingerprint density at radius 3 is 2.73 bits per heavy atom. The maximum atomic E-state index is 6.05. The Morgan fingerprint density at radius 1 is 1.23 bits per heavy atom. The smallest absolute Gasteiger partial charge is 0.0529 e. The number of hydrogen-bond donors (Lipinski definition) is 1. The van der Waals surface area contributed by atoms with Crippen LogP contribution in [0.3, 0.4) is 0 Å². The number of aryl methyl sites for hydroxylation is 1. The zero-order valence-corrected chi connectivity index (χ0v) is 16.4. The van der Waals surface area contributed by atoms with Crippen LogP contribution in [-0.4, -0.2) is 11.1 Å². The van der Waals surface area contributed by atoms with E-state index in [2.05, 4.69) is 67.2 Å². The fourth-order valence-corrected chi connectivity index (χ4v) is 4.21. The molecule has 4 rings (SSSR count). The quantitative estimate of drug-likeness (QED) is 0.583. The normalized spacial score (nSPS) is 17.5. The van der Waals surface area contributed by atoms with Gasteiger partial charge in [0.2, 0.25) is 0 Å². The highest BCUT2D eigenvalue weighted by atomic mass is 35.5. The number of fused-ring (bicyclic) bond motifs is 3. The fourth-order valence-electron chi connectivity index (χ4n) is 4.08. The Bertz CT molecular complexity index is 980. The molecular weight excluding hydrogens is 340 g/mol. The number of nitrogens with zero attached hydrogens (tertiary/aromatic N) is 1. The summed E-state index contributed by atoms with van der Waals surface area (Å²) in [4.78, 5) is 0. The van der Waals surface area contributed by atoms with Gasteiger partial charge in [0.15, 0.2) is 0 Å². The average Bonchev–Trinajstić information content (AvgIpc) is 2.95. The van der Waals surface area contributed by atoms with E-state index >= 15 is 0 Å². The van der Waals surface area contributed by atoms with Crippen LogP contribution in [-0.2, 0) is 6.42 Å². The highest BCUT2D eigenvalue weighted by Crippen LogP contribution is 2.36. The van der Waals surface area contributed by atoms with Crippen LogP contribution in [0.1, 0.15) is 48.7 Å². The molecule has 0 saturated carbocycles. The molecular formula is C23H25ClN2. The molecule has 1 unspecified atom stereocenters. The first-order chi connectivity index (χ1) is 12.6. The van der Waals surface area contributed by atoms with E-state index in [1.54, 1.807) is 0 Å². The molecule has 0 amide bonds. The van der Waals surface area contributed by atoms with Gasteiger partial charge in [-0.1, -0.05) is 42.3 Å². The molecule has 0 aliphatic carbocycles. The summed E-state index contributed by atoms with van der Waals surface area (Å²) in [7, 11) is 0. The van der Waals surface area contributed by atoms with Gasteiger partial charge in [0, 0.05) is 28.3 Å². The van der Waals surface area contributed by atoms with E-state index in [1.807, 2.05) is 12.1 Å². The van der Waals surface area contributed by atoms with Crippen molar-refractivity contribution in [3.63, 3.8) is 0 Å². The molecule has 2 nitrogen and oxygen atoms in total. The van der Waals surface area contributed by atoms with Crippen molar-refractivity contribution >= 4 is 34.3 Å². The van der Waals surface area contributed by atoms with Crippen LogP contribution in [0, 0.1) is 6.92 Å². The summed E-state index contributed by atoms with van der Waals surface area (Å²) in [5.74, 6) is 0. The SMILES string of the molecule is CCC1NCCc2c1n(/C=C(\C)c1ccc(Cl)cc1)c1ccc(C)cc21. The third-order valence-corrected chi connectivity index (χ3v) is 5.68. The first-order valence-electron chi connectivity index (χ1n) is 9.39. The number of benzene rings is 2. The van der Waals surface area contributed by atoms with Crippen LogP contribution in [0.2, 0.25) is 5.02 Å². The predicted octanol–water partition coefficient (Wildman–Crippen LogP) is 6.22. The molecule has 1 aliphatic rings. The monoisotopic (exact) mass is 364 g/mol. The molecule has 0 bridgehead atoms. The van der Waals surface area contributed by atoms with Crippen LogP contribution in [0.5, 0.6) is 0 Å². The minimum absolute atomic E-state index is 0.403. The van der Waals surface area contributed by atoms with Gasteiger partial charge in [-0.15, -0.1) is 0 Å². The molecule has 0 spiro atoms. The van der Waals surface area contributed by atoms with E-state index in [0.717, 1.165) is 24.4 Å². The van der Waals surface area contributed by atoms with E-state index in [0.29, 0.717) is 6.04 Å². The summed E-state index contributed by atoms with van der Waals surface area (Å²) in [6.07, 6.45) is 4.47. The number of allylic oxidation sites excluding steroid dienone is 1. The number of hydrogen-bond acceptors (Lipinski definition) is 1. The minimum atomic E-state index is 0.403. The summed E-state index contributed by atoms with van der Waals surface area (Å²) >= 11 is 6.05. The topological polar surface area (TPSA) is 17.0 Å². The van der Waals surface area contributed by atoms with Crippen molar-refractivity contribution in [2.75, 3.05) is 6.54 Å². The average molecular weight is 365 g/mol. The molecule has 0 radical (unpaired) electrons. The number of halogens is 1. The second-order valence-electron chi connectivity index (χ2n) is 7.24. The third kappa shape index (κ3) is 2.98. The molecule has 1 N–H and O–H groups in total. The molecule has 1 aliphatic heterocycles. The molecule has 3 heteroatoms. The Morgan fingerprint density at radius 2 is 2.00 bits per heavy atom. The van der Waals surface area contributed by atoms with Gasteiger partial charge < -0.3 is 9.88 Å². The molecule has 134 valence electrons. The first-order valence-corrected chi connectivity index (χ1v) is 9.77. The zero-order valence-electron chi connectivity index (χ0n) is 15.6. The summed E-state index contributed by atoms with van der Waals surface area (Å²) in [5.41, 5.74) is 8.00. The number of aromatic nitrogens is 1. The fraction of sp³-hybridized carbons (Fsp3) is 0.304. The van der Waals surface area contributed by atoms with E-state index in [9.17, 15) is 0 Å². The van der Waals surface area contributed by atoms with Crippen LogP contribution < -0.4 is 5.32 Å². The van der Waals surface area contributed by atoms with Crippen molar-refractivity contribution in [1.29, 1.82) is 0 Å². The lowest BCUT2D eigenvalue weighted by Gasteiger charge is -2.25. The summed E-state index contributed by atoms with van der Waals surface area (Å²) in [6.45, 7) is 7.66. The highest BCUT2D eigenvalue weighted by Gasteiger charge is 2.25. The molecule has 26 heavy (non-hydrogen) atoms. The van der Waals surface area contributed by atoms with E-state index < -0.39 is 0 Å². The number of nitrogens with one attached hydrogen (secondary N) is 1. The van der Waals surface area contributed by atoms with Crippen LogP contribution in [0.25, 0.3) is 22.7 Å². The van der Waals surface area contributed by atoms with Crippen LogP contribution in [0.4, 0.5) is 0 Å². The van der Waals surface area contributed by atoms with Gasteiger partial charge in [0.1, 0.15) is 0 Å². The van der Waals surface area contributed by atoms with Gasteiger partial charge in [-0.25, -0.2) is 0 Å². The van der Waals surface area contributed by atoms with Crippen molar-refractivity contribution in [2.45, 2.75) is 39.7 Å². The van der Waals surface area contributed by atoms with Crippen LogP contribution in [0.15, 0.2) is 42.5 Å². The lowest BCUT2D eigenvalue weighted by atomic mass is 9.97. The zero-order chi connectivity index (χ0) is 18.3. The molecule has 0 saturated heterocycles. The summed E-state index contributed by atoms with van der Waals surface area (Å²) < 4.78 is 2.41. The predicted molar refractivity (Wildman–Crippen MR) is 113 cm³/mol. The summed E-state index contributed by atoms with van der Waals surface area (Å²) in [6, 6.07) is 15.3. The maximum Gasteiger partial charge on any atom is 0.0529 e. The second kappa shape index (κ2) is 6.94. The van der Waals surface area contributed by atoms with Gasteiger partial charge in [0.25, 0.3) is 0 Å². The van der Waals surface area contributed by atoms with Gasteiger partial charge in [-0.2, -0.15) is 0 Å². The van der Waals surface area contributed by atoms with Crippen molar-refractivity contribution in [2.24, 2.45) is 0 Å². The standard InChI is InChI=1S/C23H25ClN2/c1-4-21-23-19(11-12-25-21)20-13-15(2)5-10-22(20)26(23)14-16(3)17-6-8-18(24)9-7-17/h5-10,13-14,21,25H,4,11-12H2,1-3H3/b16-14+. The van der Waals surface area contributed by atoms with Crippen molar-refractivity contribution in [1.82, 2.24) is 9.88 Å². The summed E-state index contributed by atoms with van der Waals surface area (Å²) in [5, 5.41) is 5.87. The van der Waals surface area contributed by atoms with Crippen molar-refractivity contribution in [3.8, 4) is 0 Å². The van der Waals surface area contributed by atoms with Crippen molar-refractivity contribution < 1.29 is 0 Å². The highest BCUT2D eigenvalue weighted by molar-refractivity contribution is 6.30. The molecule has 0 fully saturated rings.